The van der Waals surface area contributed by atoms with Gasteiger partial charge in [-0.05, 0) is 112 Å². The second-order valence-electron chi connectivity index (χ2n) is 15.3. The molecule has 0 fully saturated rings. The van der Waals surface area contributed by atoms with Crippen LogP contribution in [0.4, 0.5) is 0 Å². The smallest absolute Gasteiger partial charge is 0.0159 e. The summed E-state index contributed by atoms with van der Waals surface area (Å²) >= 11 is 0. The summed E-state index contributed by atoms with van der Waals surface area (Å²) in [6.45, 7) is 9.47. The van der Waals surface area contributed by atoms with Gasteiger partial charge in [-0.15, -0.1) is 0 Å². The molecule has 0 aromatic heterocycles. The minimum atomic E-state index is -0.0670. The Balaban J connectivity index is 1.33. The van der Waals surface area contributed by atoms with E-state index in [-0.39, 0.29) is 10.8 Å². The fourth-order valence-corrected chi connectivity index (χ4v) is 9.43. The van der Waals surface area contributed by atoms with E-state index in [2.05, 4.69) is 185 Å². The van der Waals surface area contributed by atoms with Crippen molar-refractivity contribution in [3.05, 3.63) is 180 Å². The summed E-state index contributed by atoms with van der Waals surface area (Å²) in [5.74, 6) is 0. The van der Waals surface area contributed by atoms with Crippen LogP contribution in [0.2, 0.25) is 0 Å². The second-order valence-corrected chi connectivity index (χ2v) is 15.3. The first-order valence-corrected chi connectivity index (χ1v) is 17.9. The summed E-state index contributed by atoms with van der Waals surface area (Å²) in [5, 5.41) is 5.15. The fraction of sp³-hybridized carbons (Fsp3) is 0.120. The Kier molecular flexibility index (Phi) is 6.07. The number of benzene rings is 8. The third kappa shape index (κ3) is 3.94. The highest BCUT2D eigenvalue weighted by molar-refractivity contribution is 6.23. The Morgan fingerprint density at radius 3 is 1.60 bits per heavy atom. The molecule has 238 valence electrons. The molecule has 0 saturated heterocycles. The molecule has 2 aliphatic carbocycles. The Morgan fingerprint density at radius 2 is 0.820 bits per heavy atom. The summed E-state index contributed by atoms with van der Waals surface area (Å²) in [4.78, 5) is 0. The molecule has 0 bridgehead atoms. The third-order valence-corrected chi connectivity index (χ3v) is 11.9. The quantitative estimate of drug-likeness (QED) is 0.169. The van der Waals surface area contributed by atoms with Crippen LogP contribution in [-0.2, 0) is 10.8 Å². The predicted octanol–water partition coefficient (Wildman–Crippen LogP) is 13.6. The molecule has 0 saturated carbocycles. The molecule has 0 atom stereocenters. The van der Waals surface area contributed by atoms with Gasteiger partial charge in [0.25, 0.3) is 0 Å². The van der Waals surface area contributed by atoms with Gasteiger partial charge in [-0.2, -0.15) is 0 Å². The van der Waals surface area contributed by atoms with Gasteiger partial charge in [0.1, 0.15) is 0 Å². The van der Waals surface area contributed by atoms with E-state index in [1.807, 2.05) is 0 Å². The van der Waals surface area contributed by atoms with Gasteiger partial charge in [-0.1, -0.05) is 173 Å². The van der Waals surface area contributed by atoms with Crippen molar-refractivity contribution >= 4 is 21.5 Å². The van der Waals surface area contributed by atoms with Crippen LogP contribution in [0.5, 0.6) is 0 Å². The van der Waals surface area contributed by atoms with Gasteiger partial charge in [0.2, 0.25) is 0 Å². The Morgan fingerprint density at radius 1 is 0.280 bits per heavy atom. The van der Waals surface area contributed by atoms with E-state index in [4.69, 9.17) is 0 Å². The molecule has 50 heavy (non-hydrogen) atoms. The van der Waals surface area contributed by atoms with Crippen LogP contribution in [0.1, 0.15) is 49.9 Å². The maximum absolute atomic E-state index is 2.47. The lowest BCUT2D eigenvalue weighted by molar-refractivity contribution is 0.660. The van der Waals surface area contributed by atoms with Crippen LogP contribution in [0, 0.1) is 0 Å². The Labute approximate surface area is 294 Å². The predicted molar refractivity (Wildman–Crippen MR) is 213 cm³/mol. The Hall–Kier alpha value is -5.72. The molecular formula is C50H38. The summed E-state index contributed by atoms with van der Waals surface area (Å²) in [6.07, 6.45) is 0. The van der Waals surface area contributed by atoms with Gasteiger partial charge >= 0.3 is 0 Å². The lowest BCUT2D eigenvalue weighted by atomic mass is 9.80. The fourth-order valence-electron chi connectivity index (χ4n) is 9.43. The zero-order chi connectivity index (χ0) is 33.8. The molecule has 0 nitrogen and oxygen atoms in total. The van der Waals surface area contributed by atoms with E-state index in [1.165, 1.54) is 99.4 Å². The van der Waals surface area contributed by atoms with Crippen molar-refractivity contribution in [2.45, 2.75) is 38.5 Å². The topological polar surface area (TPSA) is 0 Å². The largest absolute Gasteiger partial charge is 0.0622 e. The maximum Gasteiger partial charge on any atom is 0.0159 e. The highest BCUT2D eigenvalue weighted by Gasteiger charge is 2.38. The average Bonchev–Trinajstić information content (AvgIpc) is 3.53. The zero-order valence-corrected chi connectivity index (χ0v) is 29.0. The molecule has 8 aromatic carbocycles. The van der Waals surface area contributed by atoms with Crippen molar-refractivity contribution in [1.29, 1.82) is 0 Å². The standard InChI is InChI=1S/C50H38/c1-49(2)42-22-12-10-17-34(42)40-30-33(26-28-44(40)49)46-35-18-8-9-19-36(35)47(37-27-25-32(29-41(37)46)31-15-6-5-7-16-31)39-21-14-24-45-48(39)38-20-11-13-23-43(38)50(45,3)4/h5-30H,1-4H3. The first-order valence-electron chi connectivity index (χ1n) is 17.9. The third-order valence-electron chi connectivity index (χ3n) is 11.9. The highest BCUT2D eigenvalue weighted by Crippen LogP contribution is 2.55. The monoisotopic (exact) mass is 638 g/mol. The van der Waals surface area contributed by atoms with Crippen molar-refractivity contribution in [3.8, 4) is 55.6 Å². The molecule has 0 unspecified atom stereocenters. The van der Waals surface area contributed by atoms with E-state index < -0.39 is 0 Å². The van der Waals surface area contributed by atoms with Gasteiger partial charge in [-0.3, -0.25) is 0 Å². The molecule has 0 amide bonds. The molecule has 0 radical (unpaired) electrons. The average molecular weight is 639 g/mol. The molecule has 8 aromatic rings. The van der Waals surface area contributed by atoms with Crippen LogP contribution in [0.25, 0.3) is 77.2 Å². The molecule has 0 heterocycles. The van der Waals surface area contributed by atoms with Crippen LogP contribution < -0.4 is 0 Å². The van der Waals surface area contributed by atoms with Crippen molar-refractivity contribution in [1.82, 2.24) is 0 Å². The van der Waals surface area contributed by atoms with E-state index in [0.29, 0.717) is 0 Å². The molecule has 2 aliphatic rings. The van der Waals surface area contributed by atoms with Gasteiger partial charge in [-0.25, -0.2) is 0 Å². The summed E-state index contributed by atoms with van der Waals surface area (Å²) in [7, 11) is 0. The van der Waals surface area contributed by atoms with Crippen molar-refractivity contribution in [2.24, 2.45) is 0 Å². The van der Waals surface area contributed by atoms with Crippen LogP contribution >= 0.6 is 0 Å². The van der Waals surface area contributed by atoms with E-state index in [9.17, 15) is 0 Å². The van der Waals surface area contributed by atoms with Gasteiger partial charge in [0, 0.05) is 10.8 Å². The summed E-state index contributed by atoms with van der Waals surface area (Å²) < 4.78 is 0. The van der Waals surface area contributed by atoms with Gasteiger partial charge in [0.15, 0.2) is 0 Å². The molecule has 10 rings (SSSR count). The number of hydrogen-bond donors (Lipinski definition) is 0. The molecule has 0 aliphatic heterocycles. The summed E-state index contributed by atoms with van der Waals surface area (Å²) in [6, 6.07) is 59.3. The second kappa shape index (κ2) is 10.4. The molecule has 0 spiro atoms. The van der Waals surface area contributed by atoms with Crippen LogP contribution in [-0.4, -0.2) is 0 Å². The first kappa shape index (κ1) is 29.2. The number of fused-ring (bicyclic) bond motifs is 8. The normalized spacial score (nSPS) is 14.7. The minimum Gasteiger partial charge on any atom is -0.0622 e. The van der Waals surface area contributed by atoms with E-state index >= 15 is 0 Å². The number of hydrogen-bond acceptors (Lipinski definition) is 0. The van der Waals surface area contributed by atoms with Gasteiger partial charge in [0.05, 0.1) is 0 Å². The van der Waals surface area contributed by atoms with Gasteiger partial charge < -0.3 is 0 Å². The Bertz CT molecular complexity index is 2690. The molecule has 0 heteroatoms. The van der Waals surface area contributed by atoms with Crippen LogP contribution in [0.15, 0.2) is 158 Å². The lowest BCUT2D eigenvalue weighted by Gasteiger charge is -2.23. The lowest BCUT2D eigenvalue weighted by Crippen LogP contribution is -2.14. The maximum atomic E-state index is 2.47. The SMILES string of the molecule is CC1(C)c2ccccc2-c2cc(-c3c4ccccc4c(-c4cccc5c4-c4ccccc4C5(C)C)c4ccc(-c5ccccc5)cc34)ccc21. The van der Waals surface area contributed by atoms with Crippen molar-refractivity contribution < 1.29 is 0 Å². The summed E-state index contributed by atoms with van der Waals surface area (Å²) in [5.41, 5.74) is 18.6. The highest BCUT2D eigenvalue weighted by atomic mass is 14.4. The first-order chi connectivity index (χ1) is 24.3. The van der Waals surface area contributed by atoms with Crippen molar-refractivity contribution in [2.75, 3.05) is 0 Å². The van der Waals surface area contributed by atoms with E-state index in [1.54, 1.807) is 0 Å². The van der Waals surface area contributed by atoms with Crippen molar-refractivity contribution in [3.63, 3.8) is 0 Å². The molecular weight excluding hydrogens is 601 g/mol. The van der Waals surface area contributed by atoms with Crippen LogP contribution in [0.3, 0.4) is 0 Å². The minimum absolute atomic E-state index is 0.0311. The van der Waals surface area contributed by atoms with E-state index in [0.717, 1.165) is 0 Å². The molecule has 0 N–H and O–H groups in total. The zero-order valence-electron chi connectivity index (χ0n) is 29.0. The number of rotatable bonds is 3.